The maximum absolute atomic E-state index is 11.8. The number of carbonyl (C=O) groups is 1. The minimum atomic E-state index is 0.228. The molecule has 1 aliphatic rings. The highest BCUT2D eigenvalue weighted by molar-refractivity contribution is 5.81. The second-order valence-corrected chi connectivity index (χ2v) is 5.54. The highest BCUT2D eigenvalue weighted by Crippen LogP contribution is 2.41. The molecule has 0 fully saturated rings. The third-order valence-corrected chi connectivity index (χ3v) is 3.69. The molecule has 1 heteroatoms. The standard InChI is InChI=1S/C15H24O/c1-5-6-9-13(16)11-14-12(2)8-7-10-15(14,3)4/h5H,1,6-11H2,2-4H3. The third-order valence-electron chi connectivity index (χ3n) is 3.69. The van der Waals surface area contributed by atoms with Crippen molar-refractivity contribution in [1.29, 1.82) is 0 Å². The van der Waals surface area contributed by atoms with Crippen LogP contribution in [0.25, 0.3) is 0 Å². The van der Waals surface area contributed by atoms with Gasteiger partial charge in [-0.05, 0) is 38.0 Å². The molecule has 0 N–H and O–H groups in total. The quantitative estimate of drug-likeness (QED) is 0.626. The van der Waals surface area contributed by atoms with Gasteiger partial charge in [0, 0.05) is 12.8 Å². The molecule has 0 bridgehead atoms. The maximum atomic E-state index is 11.8. The van der Waals surface area contributed by atoms with Crippen molar-refractivity contribution in [1.82, 2.24) is 0 Å². The topological polar surface area (TPSA) is 17.1 Å². The number of hydrogen-bond acceptors (Lipinski definition) is 1. The first-order valence-corrected chi connectivity index (χ1v) is 6.29. The van der Waals surface area contributed by atoms with Crippen LogP contribution < -0.4 is 0 Å². The molecule has 1 aliphatic carbocycles. The van der Waals surface area contributed by atoms with Crippen LogP contribution in [0, 0.1) is 5.41 Å². The predicted molar refractivity (Wildman–Crippen MR) is 69.4 cm³/mol. The fourth-order valence-corrected chi connectivity index (χ4v) is 2.61. The average Bonchev–Trinajstić information content (AvgIpc) is 2.20. The number of hydrogen-bond donors (Lipinski definition) is 0. The van der Waals surface area contributed by atoms with Gasteiger partial charge >= 0.3 is 0 Å². The molecular weight excluding hydrogens is 196 g/mol. The Hall–Kier alpha value is -0.850. The summed E-state index contributed by atoms with van der Waals surface area (Å²) >= 11 is 0. The van der Waals surface area contributed by atoms with Crippen LogP contribution >= 0.6 is 0 Å². The number of ketones is 1. The summed E-state index contributed by atoms with van der Waals surface area (Å²) < 4.78 is 0. The molecule has 0 aliphatic heterocycles. The van der Waals surface area contributed by atoms with E-state index in [0.717, 1.165) is 6.42 Å². The Labute approximate surface area is 99.6 Å². The summed E-state index contributed by atoms with van der Waals surface area (Å²) in [6.45, 7) is 10.4. The van der Waals surface area contributed by atoms with Crippen LogP contribution in [0.4, 0.5) is 0 Å². The molecule has 90 valence electrons. The molecule has 0 amide bonds. The average molecular weight is 220 g/mol. The molecule has 1 nitrogen and oxygen atoms in total. The van der Waals surface area contributed by atoms with Gasteiger partial charge in [-0.2, -0.15) is 0 Å². The van der Waals surface area contributed by atoms with Crippen LogP contribution in [0.3, 0.4) is 0 Å². The molecule has 0 heterocycles. The minimum absolute atomic E-state index is 0.228. The van der Waals surface area contributed by atoms with Gasteiger partial charge in [0.25, 0.3) is 0 Å². The van der Waals surface area contributed by atoms with Crippen molar-refractivity contribution in [3.63, 3.8) is 0 Å². The lowest BCUT2D eigenvalue weighted by atomic mass is 9.71. The van der Waals surface area contributed by atoms with E-state index < -0.39 is 0 Å². The fraction of sp³-hybridized carbons (Fsp3) is 0.667. The molecule has 0 radical (unpaired) electrons. The van der Waals surface area contributed by atoms with E-state index in [1.165, 1.54) is 30.4 Å². The van der Waals surface area contributed by atoms with Crippen molar-refractivity contribution in [2.45, 2.75) is 59.3 Å². The van der Waals surface area contributed by atoms with E-state index in [4.69, 9.17) is 0 Å². The van der Waals surface area contributed by atoms with Crippen LogP contribution in [0.5, 0.6) is 0 Å². The van der Waals surface area contributed by atoms with E-state index in [0.29, 0.717) is 18.6 Å². The zero-order chi connectivity index (χ0) is 12.2. The Kier molecular flexibility index (Phi) is 4.52. The lowest BCUT2D eigenvalue weighted by Crippen LogP contribution is -2.22. The first-order valence-electron chi connectivity index (χ1n) is 6.29. The molecule has 0 aromatic rings. The lowest BCUT2D eigenvalue weighted by Gasteiger charge is -2.34. The summed E-state index contributed by atoms with van der Waals surface area (Å²) in [5.41, 5.74) is 3.07. The molecule has 16 heavy (non-hydrogen) atoms. The van der Waals surface area contributed by atoms with E-state index in [-0.39, 0.29) is 5.41 Å². The summed E-state index contributed by atoms with van der Waals surface area (Å²) in [6, 6.07) is 0. The van der Waals surface area contributed by atoms with Gasteiger partial charge < -0.3 is 0 Å². The lowest BCUT2D eigenvalue weighted by molar-refractivity contribution is -0.118. The Morgan fingerprint density at radius 3 is 2.75 bits per heavy atom. The first-order chi connectivity index (χ1) is 7.47. The van der Waals surface area contributed by atoms with Gasteiger partial charge in [-0.3, -0.25) is 4.79 Å². The van der Waals surface area contributed by atoms with Crippen molar-refractivity contribution >= 4 is 5.78 Å². The number of allylic oxidation sites excluding steroid dienone is 3. The van der Waals surface area contributed by atoms with E-state index in [1.54, 1.807) is 0 Å². The van der Waals surface area contributed by atoms with Gasteiger partial charge in [0.2, 0.25) is 0 Å². The van der Waals surface area contributed by atoms with Crippen LogP contribution in [-0.2, 0) is 4.79 Å². The highest BCUT2D eigenvalue weighted by atomic mass is 16.1. The summed E-state index contributed by atoms with van der Waals surface area (Å²) in [5.74, 6) is 0.365. The predicted octanol–water partition coefficient (Wildman–Crippen LogP) is 4.44. The van der Waals surface area contributed by atoms with Crippen LogP contribution in [0.15, 0.2) is 23.8 Å². The maximum Gasteiger partial charge on any atom is 0.137 e. The van der Waals surface area contributed by atoms with Crippen molar-refractivity contribution in [2.75, 3.05) is 0 Å². The molecule has 0 aromatic heterocycles. The normalized spacial score (nSPS) is 19.7. The molecule has 0 saturated heterocycles. The van der Waals surface area contributed by atoms with Gasteiger partial charge in [0.15, 0.2) is 0 Å². The van der Waals surface area contributed by atoms with E-state index in [2.05, 4.69) is 27.4 Å². The Balaban J connectivity index is 2.69. The number of Topliss-reactive ketones (excluding diaryl/α,β-unsaturated/α-hetero) is 1. The number of rotatable bonds is 5. The van der Waals surface area contributed by atoms with Crippen molar-refractivity contribution < 1.29 is 4.79 Å². The van der Waals surface area contributed by atoms with Crippen LogP contribution in [-0.4, -0.2) is 5.78 Å². The van der Waals surface area contributed by atoms with E-state index >= 15 is 0 Å². The SMILES string of the molecule is C=CCCC(=O)CC1=C(C)CCCC1(C)C. The van der Waals surface area contributed by atoms with Gasteiger partial charge in [-0.15, -0.1) is 6.58 Å². The molecule has 0 unspecified atom stereocenters. The molecule has 0 saturated carbocycles. The molecule has 1 rings (SSSR count). The minimum Gasteiger partial charge on any atom is -0.299 e. The number of carbonyl (C=O) groups excluding carboxylic acids is 1. The largest absolute Gasteiger partial charge is 0.299 e. The molecule has 0 atom stereocenters. The van der Waals surface area contributed by atoms with Crippen molar-refractivity contribution in [3.8, 4) is 0 Å². The Morgan fingerprint density at radius 1 is 1.50 bits per heavy atom. The summed E-state index contributed by atoms with van der Waals surface area (Å²) in [6.07, 6.45) is 7.60. The first kappa shape index (κ1) is 13.2. The van der Waals surface area contributed by atoms with Gasteiger partial charge in [0.05, 0.1) is 0 Å². The van der Waals surface area contributed by atoms with Crippen LogP contribution in [0.1, 0.15) is 59.3 Å². The molecule has 0 aromatic carbocycles. The smallest absolute Gasteiger partial charge is 0.137 e. The highest BCUT2D eigenvalue weighted by Gasteiger charge is 2.29. The van der Waals surface area contributed by atoms with E-state index in [9.17, 15) is 4.79 Å². The molecular formula is C15H24O. The zero-order valence-electron chi connectivity index (χ0n) is 10.9. The van der Waals surface area contributed by atoms with Crippen LogP contribution in [0.2, 0.25) is 0 Å². The third kappa shape index (κ3) is 3.33. The monoisotopic (exact) mass is 220 g/mol. The van der Waals surface area contributed by atoms with Gasteiger partial charge in [-0.1, -0.05) is 31.1 Å². The Bertz CT molecular complexity index is 307. The Morgan fingerprint density at radius 2 is 2.19 bits per heavy atom. The second kappa shape index (κ2) is 5.47. The van der Waals surface area contributed by atoms with Crippen molar-refractivity contribution in [3.05, 3.63) is 23.8 Å². The van der Waals surface area contributed by atoms with Gasteiger partial charge in [-0.25, -0.2) is 0 Å². The fourth-order valence-electron chi connectivity index (χ4n) is 2.61. The zero-order valence-corrected chi connectivity index (χ0v) is 10.9. The van der Waals surface area contributed by atoms with Crippen molar-refractivity contribution in [2.24, 2.45) is 5.41 Å². The van der Waals surface area contributed by atoms with Gasteiger partial charge in [0.1, 0.15) is 5.78 Å². The summed E-state index contributed by atoms with van der Waals surface area (Å²) in [7, 11) is 0. The summed E-state index contributed by atoms with van der Waals surface area (Å²) in [5, 5.41) is 0. The summed E-state index contributed by atoms with van der Waals surface area (Å²) in [4.78, 5) is 11.8. The second-order valence-electron chi connectivity index (χ2n) is 5.54. The molecule has 0 spiro atoms. The van der Waals surface area contributed by atoms with E-state index in [1.807, 2.05) is 6.08 Å².